The van der Waals surface area contributed by atoms with Crippen molar-refractivity contribution in [2.75, 3.05) is 19.8 Å². The van der Waals surface area contributed by atoms with Crippen LogP contribution in [0.2, 0.25) is 0 Å². The summed E-state index contributed by atoms with van der Waals surface area (Å²) in [7, 11) is 0. The SMILES string of the molecule is Cc1ccc(Cc2cc(C(=O)NCC3CCOC3)no2)cc1. The number of aryl methyl sites for hydroxylation is 1. The largest absolute Gasteiger partial charge is 0.381 e. The van der Waals surface area contributed by atoms with Gasteiger partial charge in [-0.05, 0) is 18.9 Å². The summed E-state index contributed by atoms with van der Waals surface area (Å²) in [5.74, 6) is 0.909. The quantitative estimate of drug-likeness (QED) is 0.920. The predicted molar refractivity (Wildman–Crippen MR) is 81.7 cm³/mol. The molecule has 0 saturated carbocycles. The van der Waals surface area contributed by atoms with E-state index in [4.69, 9.17) is 9.26 Å². The molecule has 1 unspecified atom stereocenters. The number of carbonyl (C=O) groups is 1. The van der Waals surface area contributed by atoms with Crippen LogP contribution in [0.3, 0.4) is 0 Å². The average Bonchev–Trinajstić information content (AvgIpc) is 3.19. The fourth-order valence-corrected chi connectivity index (χ4v) is 2.48. The van der Waals surface area contributed by atoms with Gasteiger partial charge in [0, 0.05) is 31.6 Å². The van der Waals surface area contributed by atoms with Crippen molar-refractivity contribution in [2.24, 2.45) is 5.92 Å². The third kappa shape index (κ3) is 3.74. The zero-order valence-electron chi connectivity index (χ0n) is 12.7. The number of benzene rings is 1. The van der Waals surface area contributed by atoms with Gasteiger partial charge in [0.15, 0.2) is 5.69 Å². The van der Waals surface area contributed by atoms with E-state index in [-0.39, 0.29) is 5.91 Å². The second-order valence-electron chi connectivity index (χ2n) is 5.78. The summed E-state index contributed by atoms with van der Waals surface area (Å²) < 4.78 is 10.5. The molecule has 116 valence electrons. The number of aromatic nitrogens is 1. The molecule has 1 aromatic heterocycles. The number of ether oxygens (including phenoxy) is 1. The van der Waals surface area contributed by atoms with Gasteiger partial charge < -0.3 is 14.6 Å². The van der Waals surface area contributed by atoms with E-state index in [0.29, 0.717) is 30.3 Å². The molecular weight excluding hydrogens is 280 g/mol. The maximum atomic E-state index is 12.0. The summed E-state index contributed by atoms with van der Waals surface area (Å²) in [6, 6.07) is 9.93. The van der Waals surface area contributed by atoms with E-state index < -0.39 is 0 Å². The number of hydrogen-bond donors (Lipinski definition) is 1. The number of amides is 1. The lowest BCUT2D eigenvalue weighted by molar-refractivity contribution is 0.0936. The van der Waals surface area contributed by atoms with Crippen LogP contribution in [-0.2, 0) is 11.2 Å². The molecule has 1 fully saturated rings. The van der Waals surface area contributed by atoms with Crippen molar-refractivity contribution in [3.63, 3.8) is 0 Å². The molecule has 1 aliphatic heterocycles. The summed E-state index contributed by atoms with van der Waals surface area (Å²) in [5.41, 5.74) is 2.69. The molecule has 1 atom stereocenters. The van der Waals surface area contributed by atoms with Crippen molar-refractivity contribution >= 4 is 5.91 Å². The maximum absolute atomic E-state index is 12.0. The fraction of sp³-hybridized carbons (Fsp3) is 0.412. The summed E-state index contributed by atoms with van der Waals surface area (Å²) in [6.07, 6.45) is 1.63. The first-order valence-electron chi connectivity index (χ1n) is 7.58. The lowest BCUT2D eigenvalue weighted by Gasteiger charge is -2.07. The molecule has 0 radical (unpaired) electrons. The molecular formula is C17H20N2O3. The molecule has 2 heterocycles. The van der Waals surface area contributed by atoms with Gasteiger partial charge in [0.25, 0.3) is 5.91 Å². The van der Waals surface area contributed by atoms with E-state index in [1.54, 1.807) is 6.07 Å². The second-order valence-corrected chi connectivity index (χ2v) is 5.78. The Balaban J connectivity index is 1.55. The molecule has 0 aliphatic carbocycles. The van der Waals surface area contributed by atoms with Crippen LogP contribution in [0.15, 0.2) is 34.9 Å². The van der Waals surface area contributed by atoms with Gasteiger partial charge in [-0.25, -0.2) is 0 Å². The Morgan fingerprint density at radius 2 is 2.18 bits per heavy atom. The van der Waals surface area contributed by atoms with Gasteiger partial charge in [-0.3, -0.25) is 4.79 Å². The van der Waals surface area contributed by atoms with Crippen molar-refractivity contribution in [1.82, 2.24) is 10.5 Å². The van der Waals surface area contributed by atoms with Crippen LogP contribution in [0.1, 0.15) is 33.8 Å². The van der Waals surface area contributed by atoms with Gasteiger partial charge >= 0.3 is 0 Å². The molecule has 2 aromatic rings. The minimum absolute atomic E-state index is 0.189. The van der Waals surface area contributed by atoms with E-state index in [9.17, 15) is 4.79 Å². The van der Waals surface area contributed by atoms with Crippen molar-refractivity contribution in [3.05, 3.63) is 52.9 Å². The van der Waals surface area contributed by atoms with Crippen LogP contribution >= 0.6 is 0 Å². The molecule has 3 rings (SSSR count). The highest BCUT2D eigenvalue weighted by Crippen LogP contribution is 2.13. The van der Waals surface area contributed by atoms with Crippen LogP contribution in [0.25, 0.3) is 0 Å². The van der Waals surface area contributed by atoms with E-state index in [1.165, 1.54) is 5.56 Å². The first-order valence-corrected chi connectivity index (χ1v) is 7.58. The topological polar surface area (TPSA) is 64.4 Å². The lowest BCUT2D eigenvalue weighted by Crippen LogP contribution is -2.29. The normalized spacial score (nSPS) is 17.6. The van der Waals surface area contributed by atoms with Gasteiger partial charge in [-0.15, -0.1) is 0 Å². The van der Waals surface area contributed by atoms with Gasteiger partial charge in [-0.2, -0.15) is 0 Å². The van der Waals surface area contributed by atoms with Gasteiger partial charge in [0.05, 0.1) is 6.61 Å². The smallest absolute Gasteiger partial charge is 0.273 e. The van der Waals surface area contributed by atoms with E-state index in [1.807, 2.05) is 0 Å². The number of rotatable bonds is 5. The van der Waals surface area contributed by atoms with Crippen LogP contribution < -0.4 is 5.32 Å². The molecule has 1 saturated heterocycles. The third-order valence-electron chi connectivity index (χ3n) is 3.87. The van der Waals surface area contributed by atoms with Crippen molar-refractivity contribution < 1.29 is 14.1 Å². The Morgan fingerprint density at radius 1 is 1.36 bits per heavy atom. The highest BCUT2D eigenvalue weighted by molar-refractivity contribution is 5.92. The van der Waals surface area contributed by atoms with Crippen molar-refractivity contribution in [3.8, 4) is 0 Å². The molecule has 1 aromatic carbocycles. The molecule has 1 N–H and O–H groups in total. The van der Waals surface area contributed by atoms with Crippen molar-refractivity contribution in [1.29, 1.82) is 0 Å². The van der Waals surface area contributed by atoms with E-state index >= 15 is 0 Å². The Hall–Kier alpha value is -2.14. The molecule has 1 amide bonds. The minimum atomic E-state index is -0.189. The summed E-state index contributed by atoms with van der Waals surface area (Å²) in [5, 5.41) is 6.74. The zero-order valence-corrected chi connectivity index (χ0v) is 12.7. The van der Waals surface area contributed by atoms with Gasteiger partial charge in [-0.1, -0.05) is 35.0 Å². The standard InChI is InChI=1S/C17H20N2O3/c1-12-2-4-13(5-3-12)8-15-9-16(19-22-15)17(20)18-10-14-6-7-21-11-14/h2-5,9,14H,6-8,10-11H2,1H3,(H,18,20). The fourth-order valence-electron chi connectivity index (χ4n) is 2.48. The maximum Gasteiger partial charge on any atom is 0.273 e. The molecule has 1 aliphatic rings. The molecule has 0 spiro atoms. The number of hydrogen-bond acceptors (Lipinski definition) is 4. The number of nitrogens with zero attached hydrogens (tertiary/aromatic N) is 1. The van der Waals surface area contributed by atoms with Gasteiger partial charge in [0.2, 0.25) is 0 Å². The summed E-state index contributed by atoms with van der Waals surface area (Å²) in [4.78, 5) is 12.0. The second kappa shape index (κ2) is 6.75. The highest BCUT2D eigenvalue weighted by atomic mass is 16.5. The highest BCUT2D eigenvalue weighted by Gasteiger charge is 2.18. The monoisotopic (exact) mass is 300 g/mol. The predicted octanol–water partition coefficient (Wildman–Crippen LogP) is 2.34. The van der Waals surface area contributed by atoms with Crippen LogP contribution in [0.5, 0.6) is 0 Å². The Morgan fingerprint density at radius 3 is 2.91 bits per heavy atom. The first-order chi connectivity index (χ1) is 10.7. The minimum Gasteiger partial charge on any atom is -0.381 e. The number of carbonyl (C=O) groups excluding carboxylic acids is 1. The van der Waals surface area contributed by atoms with Crippen LogP contribution in [0, 0.1) is 12.8 Å². The van der Waals surface area contributed by atoms with E-state index in [2.05, 4.69) is 41.7 Å². The number of nitrogens with one attached hydrogen (secondary N) is 1. The van der Waals surface area contributed by atoms with Crippen LogP contribution in [0.4, 0.5) is 0 Å². The van der Waals surface area contributed by atoms with E-state index in [0.717, 1.165) is 25.2 Å². The lowest BCUT2D eigenvalue weighted by atomic mass is 10.1. The average molecular weight is 300 g/mol. The van der Waals surface area contributed by atoms with Gasteiger partial charge in [0.1, 0.15) is 5.76 Å². The first kappa shape index (κ1) is 14.8. The van der Waals surface area contributed by atoms with Crippen molar-refractivity contribution in [2.45, 2.75) is 19.8 Å². The summed E-state index contributed by atoms with van der Waals surface area (Å²) >= 11 is 0. The molecule has 22 heavy (non-hydrogen) atoms. The molecule has 5 heteroatoms. The zero-order chi connectivity index (χ0) is 15.4. The Kier molecular flexibility index (Phi) is 4.53. The Labute approximate surface area is 129 Å². The Bertz CT molecular complexity index is 628. The van der Waals surface area contributed by atoms with Crippen LogP contribution in [-0.4, -0.2) is 30.8 Å². The summed E-state index contributed by atoms with van der Waals surface area (Å²) in [6.45, 7) is 4.18. The molecule has 0 bridgehead atoms. The third-order valence-corrected chi connectivity index (χ3v) is 3.87. The molecule has 5 nitrogen and oxygen atoms in total.